The molecule has 1 aromatic carbocycles. The van der Waals surface area contributed by atoms with Crippen molar-refractivity contribution in [3.63, 3.8) is 0 Å². The van der Waals surface area contributed by atoms with Crippen molar-refractivity contribution in [2.24, 2.45) is 10.9 Å². The second kappa shape index (κ2) is 10.1. The van der Waals surface area contributed by atoms with Gasteiger partial charge in [0, 0.05) is 26.4 Å². The summed E-state index contributed by atoms with van der Waals surface area (Å²) in [6, 6.07) is 5.45. The molecular weight excluding hydrogens is 360 g/mol. The molecule has 0 unspecified atom stereocenters. The molecule has 0 atom stereocenters. The van der Waals surface area contributed by atoms with Crippen LogP contribution in [-0.2, 0) is 16.4 Å². The first-order valence-corrected chi connectivity index (χ1v) is 11.7. The van der Waals surface area contributed by atoms with Gasteiger partial charge in [-0.1, -0.05) is 19.1 Å². The monoisotopic (exact) mass is 394 g/mol. The van der Waals surface area contributed by atoms with E-state index >= 15 is 0 Å². The Morgan fingerprint density at radius 2 is 1.96 bits per heavy atom. The minimum absolute atomic E-state index is 0.392. The van der Waals surface area contributed by atoms with E-state index in [1.54, 1.807) is 13.1 Å². The van der Waals surface area contributed by atoms with Crippen LogP contribution in [0.3, 0.4) is 0 Å². The molecule has 0 spiro atoms. The van der Waals surface area contributed by atoms with Gasteiger partial charge in [0.25, 0.3) is 0 Å². The van der Waals surface area contributed by atoms with Crippen molar-refractivity contribution in [1.29, 1.82) is 0 Å². The lowest BCUT2D eigenvalue weighted by molar-refractivity contribution is 0.187. The van der Waals surface area contributed by atoms with Crippen LogP contribution in [0.5, 0.6) is 0 Å². The Kier molecular flexibility index (Phi) is 8.10. The topological polar surface area (TPSA) is 73.8 Å². The van der Waals surface area contributed by atoms with Crippen molar-refractivity contribution in [1.82, 2.24) is 15.5 Å². The lowest BCUT2D eigenvalue weighted by Crippen LogP contribution is -2.39. The molecule has 1 aliphatic rings. The van der Waals surface area contributed by atoms with E-state index in [1.165, 1.54) is 38.6 Å². The Hall–Kier alpha value is -1.60. The van der Waals surface area contributed by atoms with E-state index in [2.05, 4.69) is 27.4 Å². The van der Waals surface area contributed by atoms with Crippen LogP contribution in [0.4, 0.5) is 0 Å². The summed E-state index contributed by atoms with van der Waals surface area (Å²) in [5.74, 6) is 1.58. The summed E-state index contributed by atoms with van der Waals surface area (Å²) in [5, 5.41) is 6.70. The van der Waals surface area contributed by atoms with Crippen LogP contribution in [-0.4, -0.2) is 58.8 Å². The van der Waals surface area contributed by atoms with Gasteiger partial charge in [-0.15, -0.1) is 0 Å². The van der Waals surface area contributed by atoms with E-state index in [9.17, 15) is 8.42 Å². The number of nitrogens with one attached hydrogen (secondary N) is 2. The van der Waals surface area contributed by atoms with Crippen LogP contribution in [0.1, 0.15) is 37.3 Å². The molecule has 1 heterocycles. The Morgan fingerprint density at radius 1 is 1.26 bits per heavy atom. The molecular formula is C20H34N4O2S. The maximum atomic E-state index is 11.7. The number of aliphatic imine (C=N–C) groups is 1. The highest BCUT2D eigenvalue weighted by Crippen LogP contribution is 2.19. The van der Waals surface area contributed by atoms with Crippen molar-refractivity contribution in [3.05, 3.63) is 29.3 Å². The molecule has 0 bridgehead atoms. The fraction of sp³-hybridized carbons (Fsp3) is 0.650. The van der Waals surface area contributed by atoms with Crippen molar-refractivity contribution in [3.8, 4) is 0 Å². The van der Waals surface area contributed by atoms with Crippen LogP contribution < -0.4 is 10.6 Å². The molecule has 0 saturated carbocycles. The summed E-state index contributed by atoms with van der Waals surface area (Å²) >= 11 is 0. The minimum atomic E-state index is -3.17. The highest BCUT2D eigenvalue weighted by Gasteiger charge is 2.17. The van der Waals surface area contributed by atoms with E-state index in [1.807, 2.05) is 19.1 Å². The standard InChI is InChI=1S/C20H34N4O2S/c1-5-24-12-9-17(10-13-24)8-11-22-20(21-3)23-15-18-6-7-19(16(2)14-18)27(4,25)26/h6-7,14,17H,5,8-13,15H2,1-4H3,(H2,21,22,23). The zero-order chi connectivity index (χ0) is 19.9. The van der Waals surface area contributed by atoms with E-state index in [0.29, 0.717) is 11.4 Å². The quantitative estimate of drug-likeness (QED) is 0.548. The number of sulfone groups is 1. The lowest BCUT2D eigenvalue weighted by atomic mass is 9.93. The van der Waals surface area contributed by atoms with Crippen molar-refractivity contribution in [2.75, 3.05) is 39.5 Å². The molecule has 2 N–H and O–H groups in total. The number of hydrogen-bond acceptors (Lipinski definition) is 4. The van der Waals surface area contributed by atoms with Crippen LogP contribution >= 0.6 is 0 Å². The average Bonchev–Trinajstić information content (AvgIpc) is 2.64. The maximum Gasteiger partial charge on any atom is 0.191 e. The van der Waals surface area contributed by atoms with Gasteiger partial charge in [0.1, 0.15) is 0 Å². The third kappa shape index (κ3) is 6.81. The largest absolute Gasteiger partial charge is 0.356 e. The van der Waals surface area contributed by atoms with Gasteiger partial charge < -0.3 is 15.5 Å². The highest BCUT2D eigenvalue weighted by molar-refractivity contribution is 7.90. The fourth-order valence-corrected chi connectivity index (χ4v) is 4.59. The van der Waals surface area contributed by atoms with E-state index in [0.717, 1.165) is 36.1 Å². The van der Waals surface area contributed by atoms with Crippen molar-refractivity contribution in [2.45, 2.75) is 44.6 Å². The average molecular weight is 395 g/mol. The van der Waals surface area contributed by atoms with Gasteiger partial charge in [-0.25, -0.2) is 8.42 Å². The van der Waals surface area contributed by atoms with E-state index < -0.39 is 9.84 Å². The van der Waals surface area contributed by atoms with Crippen LogP contribution in [0.25, 0.3) is 0 Å². The van der Waals surface area contributed by atoms with Gasteiger partial charge >= 0.3 is 0 Å². The van der Waals surface area contributed by atoms with Gasteiger partial charge in [-0.2, -0.15) is 0 Å². The molecule has 152 valence electrons. The number of benzene rings is 1. The molecule has 0 radical (unpaired) electrons. The molecule has 1 fully saturated rings. The van der Waals surface area contributed by atoms with Crippen LogP contribution in [0, 0.1) is 12.8 Å². The van der Waals surface area contributed by atoms with Gasteiger partial charge in [0.15, 0.2) is 15.8 Å². The first-order valence-electron chi connectivity index (χ1n) is 9.80. The second-order valence-electron chi connectivity index (χ2n) is 7.39. The summed E-state index contributed by atoms with van der Waals surface area (Å²) in [6.45, 7) is 9.19. The fourth-order valence-electron chi connectivity index (χ4n) is 3.63. The minimum Gasteiger partial charge on any atom is -0.356 e. The van der Waals surface area contributed by atoms with Gasteiger partial charge in [-0.3, -0.25) is 4.99 Å². The van der Waals surface area contributed by atoms with Crippen molar-refractivity contribution < 1.29 is 8.42 Å². The molecule has 6 nitrogen and oxygen atoms in total. The third-order valence-electron chi connectivity index (χ3n) is 5.32. The van der Waals surface area contributed by atoms with Gasteiger partial charge in [0.2, 0.25) is 0 Å². The number of aryl methyl sites for hydroxylation is 1. The second-order valence-corrected chi connectivity index (χ2v) is 9.38. The number of rotatable bonds is 7. The van der Waals surface area contributed by atoms with Crippen LogP contribution in [0.15, 0.2) is 28.1 Å². The number of piperidine rings is 1. The first-order chi connectivity index (χ1) is 12.8. The smallest absolute Gasteiger partial charge is 0.191 e. The molecule has 0 aromatic heterocycles. The Bertz CT molecular complexity index is 738. The van der Waals surface area contributed by atoms with Crippen LogP contribution in [0.2, 0.25) is 0 Å². The first kappa shape index (κ1) is 21.7. The molecule has 0 aliphatic carbocycles. The van der Waals surface area contributed by atoms with Crippen molar-refractivity contribution >= 4 is 15.8 Å². The number of hydrogen-bond donors (Lipinski definition) is 2. The molecule has 1 aromatic rings. The molecule has 27 heavy (non-hydrogen) atoms. The Balaban J connectivity index is 1.77. The van der Waals surface area contributed by atoms with E-state index in [-0.39, 0.29) is 0 Å². The molecule has 1 aliphatic heterocycles. The Morgan fingerprint density at radius 3 is 2.52 bits per heavy atom. The summed E-state index contributed by atoms with van der Waals surface area (Å²) in [5.41, 5.74) is 1.81. The SMILES string of the molecule is CCN1CCC(CCNC(=NC)NCc2ccc(S(C)(=O)=O)c(C)c2)CC1. The summed E-state index contributed by atoms with van der Waals surface area (Å²) in [7, 11) is -1.40. The highest BCUT2D eigenvalue weighted by atomic mass is 32.2. The molecule has 0 amide bonds. The molecule has 2 rings (SSSR count). The zero-order valence-electron chi connectivity index (χ0n) is 17.1. The number of likely N-dealkylation sites (tertiary alicyclic amines) is 1. The predicted octanol–water partition coefficient (Wildman–Crippen LogP) is 2.19. The van der Waals surface area contributed by atoms with Gasteiger partial charge in [-0.05, 0) is 68.9 Å². The maximum absolute atomic E-state index is 11.7. The summed E-state index contributed by atoms with van der Waals surface area (Å²) < 4.78 is 23.4. The van der Waals surface area contributed by atoms with E-state index in [4.69, 9.17) is 0 Å². The molecule has 7 heteroatoms. The number of guanidine groups is 1. The third-order valence-corrected chi connectivity index (χ3v) is 6.58. The molecule has 1 saturated heterocycles. The van der Waals surface area contributed by atoms with Gasteiger partial charge in [0.05, 0.1) is 4.90 Å². The normalized spacial score (nSPS) is 17.1. The Labute approximate surface area is 164 Å². The summed E-state index contributed by atoms with van der Waals surface area (Å²) in [6.07, 6.45) is 4.98. The summed E-state index contributed by atoms with van der Waals surface area (Å²) in [4.78, 5) is 7.19. The number of nitrogens with zero attached hydrogens (tertiary/aromatic N) is 2. The predicted molar refractivity (Wildman–Crippen MR) is 112 cm³/mol. The zero-order valence-corrected chi connectivity index (χ0v) is 17.9. The lowest BCUT2D eigenvalue weighted by Gasteiger charge is -2.31.